The summed E-state index contributed by atoms with van der Waals surface area (Å²) in [7, 11) is 1.57. The first-order valence-electron chi connectivity index (χ1n) is 6.64. The van der Waals surface area contributed by atoms with Crippen molar-refractivity contribution in [1.82, 2.24) is 0 Å². The molecule has 2 aliphatic rings. The van der Waals surface area contributed by atoms with Gasteiger partial charge >= 0.3 is 0 Å². The number of ether oxygens (including phenoxy) is 1. The van der Waals surface area contributed by atoms with Crippen LogP contribution in [0.25, 0.3) is 0 Å². The summed E-state index contributed by atoms with van der Waals surface area (Å²) in [6.07, 6.45) is 5.17. The Bertz CT molecular complexity index is 494. The van der Waals surface area contributed by atoms with Gasteiger partial charge in [-0.1, -0.05) is 0 Å². The van der Waals surface area contributed by atoms with Crippen molar-refractivity contribution in [2.45, 2.75) is 31.7 Å². The molecule has 0 unspecified atom stereocenters. The third kappa shape index (κ3) is 2.36. The molecule has 0 aromatic carbocycles. The number of nitrogens with one attached hydrogen (secondary N) is 1. The van der Waals surface area contributed by atoms with E-state index in [2.05, 4.69) is 5.32 Å². The highest BCUT2D eigenvalue weighted by Crippen LogP contribution is 2.49. The van der Waals surface area contributed by atoms with Gasteiger partial charge < -0.3 is 21.5 Å². The van der Waals surface area contributed by atoms with Crippen LogP contribution in [-0.2, 0) is 0 Å². The maximum absolute atomic E-state index is 11.4. The van der Waals surface area contributed by atoms with Crippen molar-refractivity contribution in [2.75, 3.05) is 18.2 Å². The van der Waals surface area contributed by atoms with E-state index in [-0.39, 0.29) is 0 Å². The molecular formula is C13H19N3O2S. The van der Waals surface area contributed by atoms with Gasteiger partial charge in [-0.15, -0.1) is 11.3 Å². The fraction of sp³-hybridized carbons (Fsp3) is 0.615. The molecule has 5 nitrogen and oxygen atoms in total. The lowest BCUT2D eigenvalue weighted by Crippen LogP contribution is -2.23. The molecule has 0 atom stereocenters. The van der Waals surface area contributed by atoms with Gasteiger partial charge in [0.15, 0.2) is 5.75 Å². The zero-order valence-electron chi connectivity index (χ0n) is 10.9. The Morgan fingerprint density at radius 2 is 1.95 bits per heavy atom. The lowest BCUT2D eigenvalue weighted by Gasteiger charge is -2.18. The standard InChI is InChI=1S/C13H19N3O2S/c1-18-10-8(14)11(12(15)17)19-13(10)16-9(6-2-3-6)7-4-5-7/h6-7,9,16H,2-5,14H2,1H3,(H2,15,17). The highest BCUT2D eigenvalue weighted by atomic mass is 32.1. The fourth-order valence-corrected chi connectivity index (χ4v) is 3.58. The average Bonchev–Trinajstić information content (AvgIpc) is 3.25. The van der Waals surface area contributed by atoms with E-state index in [0.29, 0.717) is 22.4 Å². The van der Waals surface area contributed by atoms with E-state index in [1.165, 1.54) is 37.0 Å². The molecule has 5 N–H and O–H groups in total. The molecule has 2 aliphatic carbocycles. The Morgan fingerprint density at radius 3 is 2.37 bits per heavy atom. The van der Waals surface area contributed by atoms with Crippen LogP contribution in [-0.4, -0.2) is 19.1 Å². The van der Waals surface area contributed by atoms with Gasteiger partial charge in [0.2, 0.25) is 0 Å². The molecule has 2 saturated carbocycles. The Kier molecular flexibility index (Phi) is 3.05. The second-order valence-corrected chi connectivity index (χ2v) is 6.44. The van der Waals surface area contributed by atoms with E-state index in [9.17, 15) is 4.79 Å². The highest BCUT2D eigenvalue weighted by molar-refractivity contribution is 7.19. The number of nitrogens with two attached hydrogens (primary N) is 2. The van der Waals surface area contributed by atoms with E-state index in [0.717, 1.165) is 16.8 Å². The van der Waals surface area contributed by atoms with E-state index in [1.807, 2.05) is 0 Å². The molecule has 104 valence electrons. The number of rotatable bonds is 6. The summed E-state index contributed by atoms with van der Waals surface area (Å²) in [5, 5.41) is 4.39. The van der Waals surface area contributed by atoms with Gasteiger partial charge in [-0.2, -0.15) is 0 Å². The van der Waals surface area contributed by atoms with Crippen molar-refractivity contribution in [3.8, 4) is 5.75 Å². The summed E-state index contributed by atoms with van der Waals surface area (Å²) in [6, 6.07) is 0.493. The van der Waals surface area contributed by atoms with Crippen molar-refractivity contribution in [2.24, 2.45) is 17.6 Å². The summed E-state index contributed by atoms with van der Waals surface area (Å²) in [4.78, 5) is 11.7. The predicted octanol–water partition coefficient (Wildman–Crippen LogP) is 2.04. The largest absolute Gasteiger partial charge is 0.492 e. The van der Waals surface area contributed by atoms with E-state index in [1.54, 1.807) is 7.11 Å². The zero-order valence-corrected chi connectivity index (χ0v) is 11.8. The summed E-state index contributed by atoms with van der Waals surface area (Å²) in [6.45, 7) is 0. The topological polar surface area (TPSA) is 90.4 Å². The minimum atomic E-state index is -0.497. The minimum absolute atomic E-state index is 0.354. The highest BCUT2D eigenvalue weighted by Gasteiger charge is 2.42. The smallest absolute Gasteiger partial charge is 0.261 e. The van der Waals surface area contributed by atoms with Gasteiger partial charge in [-0.25, -0.2) is 0 Å². The predicted molar refractivity (Wildman–Crippen MR) is 76.7 cm³/mol. The first-order chi connectivity index (χ1) is 9.11. The van der Waals surface area contributed by atoms with Crippen LogP contribution in [0, 0.1) is 11.8 Å². The molecule has 3 rings (SSSR count). The Balaban J connectivity index is 1.86. The van der Waals surface area contributed by atoms with Crippen molar-refractivity contribution < 1.29 is 9.53 Å². The van der Waals surface area contributed by atoms with Gasteiger partial charge in [-0.3, -0.25) is 4.79 Å². The average molecular weight is 281 g/mol. The first kappa shape index (κ1) is 12.6. The lowest BCUT2D eigenvalue weighted by atomic mass is 10.1. The summed E-state index contributed by atoms with van der Waals surface area (Å²) in [5.74, 6) is 1.59. The Morgan fingerprint density at radius 1 is 1.37 bits per heavy atom. The molecule has 19 heavy (non-hydrogen) atoms. The van der Waals surface area contributed by atoms with Crippen LogP contribution in [0.5, 0.6) is 5.75 Å². The molecule has 2 fully saturated rings. The van der Waals surface area contributed by atoms with Crippen LogP contribution in [0.1, 0.15) is 35.4 Å². The van der Waals surface area contributed by atoms with Gasteiger partial charge in [0.25, 0.3) is 5.91 Å². The van der Waals surface area contributed by atoms with Crippen LogP contribution in [0.4, 0.5) is 10.7 Å². The number of hydrogen-bond acceptors (Lipinski definition) is 5. The maximum atomic E-state index is 11.4. The molecule has 0 spiro atoms. The van der Waals surface area contributed by atoms with Gasteiger partial charge in [0, 0.05) is 6.04 Å². The van der Waals surface area contributed by atoms with Crippen LogP contribution < -0.4 is 21.5 Å². The zero-order chi connectivity index (χ0) is 13.6. The molecule has 6 heteroatoms. The maximum Gasteiger partial charge on any atom is 0.261 e. The van der Waals surface area contributed by atoms with E-state index >= 15 is 0 Å². The molecule has 0 aliphatic heterocycles. The Hall–Kier alpha value is -1.43. The van der Waals surface area contributed by atoms with Crippen LogP contribution in [0.3, 0.4) is 0 Å². The number of hydrogen-bond donors (Lipinski definition) is 3. The number of methoxy groups -OCH3 is 1. The van der Waals surface area contributed by atoms with Gasteiger partial charge in [0.05, 0.1) is 7.11 Å². The van der Waals surface area contributed by atoms with Crippen LogP contribution in [0.15, 0.2) is 0 Å². The van der Waals surface area contributed by atoms with E-state index < -0.39 is 5.91 Å². The number of carbonyl (C=O) groups excluding carboxylic acids is 1. The van der Waals surface area contributed by atoms with Crippen molar-refractivity contribution in [3.63, 3.8) is 0 Å². The Labute approximate surface area is 116 Å². The second kappa shape index (κ2) is 4.59. The second-order valence-electron chi connectivity index (χ2n) is 5.42. The number of thiophene rings is 1. The molecule has 1 aromatic heterocycles. The lowest BCUT2D eigenvalue weighted by molar-refractivity contribution is 0.100. The number of carbonyl (C=O) groups is 1. The minimum Gasteiger partial charge on any atom is -0.492 e. The van der Waals surface area contributed by atoms with Crippen LogP contribution >= 0.6 is 11.3 Å². The number of amides is 1. The fourth-order valence-electron chi connectivity index (χ4n) is 2.59. The molecule has 0 bridgehead atoms. The monoisotopic (exact) mass is 281 g/mol. The molecule has 0 radical (unpaired) electrons. The molecule has 0 saturated heterocycles. The number of anilines is 2. The summed E-state index contributed by atoms with van der Waals surface area (Å²) >= 11 is 1.30. The van der Waals surface area contributed by atoms with E-state index in [4.69, 9.17) is 16.2 Å². The normalized spacial score (nSPS) is 18.6. The van der Waals surface area contributed by atoms with Crippen molar-refractivity contribution in [1.29, 1.82) is 0 Å². The number of primary amides is 1. The van der Waals surface area contributed by atoms with Crippen molar-refractivity contribution in [3.05, 3.63) is 4.88 Å². The van der Waals surface area contributed by atoms with Crippen molar-refractivity contribution >= 4 is 27.9 Å². The third-order valence-electron chi connectivity index (χ3n) is 3.89. The number of nitrogen functional groups attached to an aromatic ring is 1. The summed E-state index contributed by atoms with van der Waals surface area (Å²) < 4.78 is 5.32. The quantitative estimate of drug-likeness (QED) is 0.744. The van der Waals surface area contributed by atoms with Gasteiger partial charge in [0.1, 0.15) is 15.6 Å². The van der Waals surface area contributed by atoms with Gasteiger partial charge in [-0.05, 0) is 37.5 Å². The summed E-state index contributed by atoms with van der Waals surface area (Å²) in [5.41, 5.74) is 11.6. The SMILES string of the molecule is COc1c(NC(C2CC2)C2CC2)sc(C(N)=O)c1N. The third-order valence-corrected chi connectivity index (χ3v) is 5.02. The molecule has 1 amide bonds. The first-order valence-corrected chi connectivity index (χ1v) is 7.46. The van der Waals surface area contributed by atoms with Crippen LogP contribution in [0.2, 0.25) is 0 Å². The molecule has 1 aromatic rings. The molecular weight excluding hydrogens is 262 g/mol. The molecule has 1 heterocycles.